The molecule has 4 nitrogen and oxygen atoms in total. The highest BCUT2D eigenvalue weighted by Gasteiger charge is 2.54. The zero-order valence-electron chi connectivity index (χ0n) is 11.7. The molecule has 2 atom stereocenters. The van der Waals surface area contributed by atoms with E-state index in [1.807, 2.05) is 48.7 Å². The van der Waals surface area contributed by atoms with Crippen molar-refractivity contribution in [3.05, 3.63) is 61.9 Å². The van der Waals surface area contributed by atoms with Gasteiger partial charge in [0, 0.05) is 17.0 Å². The summed E-state index contributed by atoms with van der Waals surface area (Å²) < 4.78 is 1.86. The molecular weight excluding hydrogens is 352 g/mol. The highest BCUT2D eigenvalue weighted by atomic mass is 79.9. The lowest BCUT2D eigenvalue weighted by Gasteiger charge is -2.29. The molecule has 0 spiro atoms. The Hall–Kier alpha value is -1.21. The lowest BCUT2D eigenvalue weighted by Crippen LogP contribution is -2.45. The van der Waals surface area contributed by atoms with E-state index in [0.29, 0.717) is 5.71 Å². The van der Waals surface area contributed by atoms with Crippen molar-refractivity contribution < 1.29 is 9.95 Å². The number of nitrogens with zero attached hydrogens (tertiary/aromatic N) is 2. The first kappa shape index (κ1) is 14.7. The van der Waals surface area contributed by atoms with Gasteiger partial charge in [0.05, 0.1) is 4.88 Å². The van der Waals surface area contributed by atoms with Crippen molar-refractivity contribution in [2.45, 2.75) is 25.6 Å². The fourth-order valence-electron chi connectivity index (χ4n) is 2.74. The number of hydroxylamine groups is 3. The van der Waals surface area contributed by atoms with Gasteiger partial charge in [-0.2, -0.15) is 4.74 Å². The van der Waals surface area contributed by atoms with Gasteiger partial charge in [-0.3, -0.25) is 0 Å². The molecule has 0 unspecified atom stereocenters. The van der Waals surface area contributed by atoms with Gasteiger partial charge < -0.3 is 10.4 Å². The summed E-state index contributed by atoms with van der Waals surface area (Å²) in [6.07, 6.45) is 0. The van der Waals surface area contributed by atoms with Crippen LogP contribution in [0.4, 0.5) is 0 Å². The lowest BCUT2D eigenvalue weighted by atomic mass is 10.0. The largest absolute Gasteiger partial charge is 0.622 e. The highest BCUT2D eigenvalue weighted by molar-refractivity contribution is 9.10. The van der Waals surface area contributed by atoms with Crippen LogP contribution in [0.3, 0.4) is 0 Å². The molecule has 6 heteroatoms. The number of hydrogen-bond donors (Lipinski definition) is 1. The maximum Gasteiger partial charge on any atom is 0.274 e. The van der Waals surface area contributed by atoms with E-state index in [1.165, 1.54) is 11.3 Å². The van der Waals surface area contributed by atoms with Crippen molar-refractivity contribution in [2.24, 2.45) is 0 Å². The molecule has 1 aliphatic heterocycles. The Bertz CT molecular complexity index is 684. The van der Waals surface area contributed by atoms with Crippen LogP contribution in [0.15, 0.2) is 46.3 Å². The zero-order chi connectivity index (χ0) is 15.2. The minimum absolute atomic E-state index is 0.366. The minimum Gasteiger partial charge on any atom is -0.622 e. The van der Waals surface area contributed by atoms with Crippen LogP contribution in [-0.2, 0) is 5.66 Å². The molecule has 1 N–H and O–H groups in total. The van der Waals surface area contributed by atoms with E-state index < -0.39 is 5.66 Å². The summed E-state index contributed by atoms with van der Waals surface area (Å²) in [5.74, 6) is 0. The molecule has 2 heterocycles. The second-order valence-electron chi connectivity index (χ2n) is 5.21. The minimum atomic E-state index is -1.13. The smallest absolute Gasteiger partial charge is 0.274 e. The first-order chi connectivity index (χ1) is 9.96. The van der Waals surface area contributed by atoms with Crippen molar-refractivity contribution in [1.82, 2.24) is 5.06 Å². The Labute approximate surface area is 135 Å². The average molecular weight is 367 g/mol. The van der Waals surface area contributed by atoms with E-state index in [0.717, 1.165) is 24.7 Å². The molecular formula is C15H15BrN2O2S. The van der Waals surface area contributed by atoms with Crippen LogP contribution < -0.4 is 0 Å². The van der Waals surface area contributed by atoms with Crippen LogP contribution in [0.1, 0.15) is 24.3 Å². The summed E-state index contributed by atoms with van der Waals surface area (Å²) >= 11 is 4.89. The van der Waals surface area contributed by atoms with Crippen LogP contribution in [0.25, 0.3) is 0 Å². The van der Waals surface area contributed by atoms with Gasteiger partial charge in [0.1, 0.15) is 6.04 Å². The summed E-state index contributed by atoms with van der Waals surface area (Å²) in [5.41, 5.74) is 0.221. The van der Waals surface area contributed by atoms with Crippen molar-refractivity contribution >= 4 is 33.0 Å². The van der Waals surface area contributed by atoms with Gasteiger partial charge in [0.15, 0.2) is 0 Å². The van der Waals surface area contributed by atoms with E-state index >= 15 is 0 Å². The molecule has 3 rings (SSSR count). The molecule has 0 aliphatic carbocycles. The molecule has 0 saturated carbocycles. The van der Waals surface area contributed by atoms with Gasteiger partial charge in [0.25, 0.3) is 5.66 Å². The van der Waals surface area contributed by atoms with Gasteiger partial charge >= 0.3 is 0 Å². The van der Waals surface area contributed by atoms with E-state index in [9.17, 15) is 10.4 Å². The molecule has 0 bridgehead atoms. The summed E-state index contributed by atoms with van der Waals surface area (Å²) in [5, 5.41) is 26.5. The molecule has 0 saturated heterocycles. The fraction of sp³-hybridized carbons (Fsp3) is 0.267. The Balaban J connectivity index is 2.16. The third-order valence-electron chi connectivity index (χ3n) is 3.99. The Kier molecular flexibility index (Phi) is 3.65. The predicted molar refractivity (Wildman–Crippen MR) is 86.6 cm³/mol. The van der Waals surface area contributed by atoms with Crippen LogP contribution in [0, 0.1) is 5.21 Å². The van der Waals surface area contributed by atoms with Crippen LogP contribution in [0.2, 0.25) is 0 Å². The second kappa shape index (κ2) is 5.21. The Morgan fingerprint density at radius 1 is 1.33 bits per heavy atom. The molecule has 1 aromatic heterocycles. The van der Waals surface area contributed by atoms with Crippen molar-refractivity contribution in [1.29, 1.82) is 0 Å². The number of benzene rings is 1. The maximum atomic E-state index is 12.9. The fourth-order valence-corrected chi connectivity index (χ4v) is 3.84. The van der Waals surface area contributed by atoms with Crippen molar-refractivity contribution in [3.8, 4) is 0 Å². The van der Waals surface area contributed by atoms with Crippen molar-refractivity contribution in [2.75, 3.05) is 0 Å². The first-order valence-electron chi connectivity index (χ1n) is 6.58. The predicted octanol–water partition coefficient (Wildman–Crippen LogP) is 3.78. The van der Waals surface area contributed by atoms with Gasteiger partial charge in [0.2, 0.25) is 5.71 Å². The number of halogens is 1. The first-order valence-corrected chi connectivity index (χ1v) is 8.26. The molecule has 110 valence electrons. The second-order valence-corrected chi connectivity index (χ2v) is 7.07. The highest BCUT2D eigenvalue weighted by Crippen LogP contribution is 2.37. The zero-order valence-corrected chi connectivity index (χ0v) is 14.1. The van der Waals surface area contributed by atoms with E-state index in [4.69, 9.17) is 0 Å². The molecule has 0 radical (unpaired) electrons. The molecule has 1 aliphatic rings. The quantitative estimate of drug-likeness (QED) is 0.649. The standard InChI is InChI=1S/C15H15BrN2O2S/c1-10-14(13-4-3-9-21-13)18(20)15(2,17(10)19)11-5-7-12(16)8-6-11/h3-10,19H,1-2H3/t10-,15+/m0/s1. The Morgan fingerprint density at radius 3 is 2.57 bits per heavy atom. The SMILES string of the molecule is C[C@H]1C(c2cccs2)=[N+]([O-])[C@](C)(c2ccc(Br)cc2)N1O. The summed E-state index contributed by atoms with van der Waals surface area (Å²) in [7, 11) is 0. The van der Waals surface area contributed by atoms with Gasteiger partial charge in [-0.05, 0) is 42.6 Å². The van der Waals surface area contributed by atoms with Crippen molar-refractivity contribution in [3.63, 3.8) is 0 Å². The lowest BCUT2D eigenvalue weighted by molar-refractivity contribution is -0.595. The van der Waals surface area contributed by atoms with Gasteiger partial charge in [-0.25, -0.2) is 0 Å². The number of hydrogen-bond acceptors (Lipinski definition) is 4. The van der Waals surface area contributed by atoms with Crippen LogP contribution >= 0.6 is 27.3 Å². The summed E-state index contributed by atoms with van der Waals surface area (Å²) in [6.45, 7) is 3.57. The van der Waals surface area contributed by atoms with Crippen LogP contribution in [-0.4, -0.2) is 26.8 Å². The number of thiophene rings is 1. The maximum absolute atomic E-state index is 12.9. The molecule has 0 fully saturated rings. The summed E-state index contributed by atoms with van der Waals surface area (Å²) in [6, 6.07) is 10.9. The molecule has 1 aromatic carbocycles. The van der Waals surface area contributed by atoms with E-state index in [2.05, 4.69) is 15.9 Å². The number of rotatable bonds is 2. The van der Waals surface area contributed by atoms with E-state index in [1.54, 1.807) is 6.92 Å². The average Bonchev–Trinajstić information content (AvgIpc) is 3.04. The van der Waals surface area contributed by atoms with Crippen LogP contribution in [0.5, 0.6) is 0 Å². The molecule has 0 amide bonds. The Morgan fingerprint density at radius 2 is 2.00 bits per heavy atom. The molecule has 21 heavy (non-hydrogen) atoms. The summed E-state index contributed by atoms with van der Waals surface area (Å²) in [4.78, 5) is 0.886. The van der Waals surface area contributed by atoms with Gasteiger partial charge in [-0.1, -0.05) is 22.0 Å². The third kappa shape index (κ3) is 2.14. The molecule has 2 aromatic rings. The van der Waals surface area contributed by atoms with E-state index in [-0.39, 0.29) is 6.04 Å². The third-order valence-corrected chi connectivity index (χ3v) is 5.41. The monoisotopic (exact) mass is 366 g/mol. The van der Waals surface area contributed by atoms with Gasteiger partial charge in [-0.15, -0.1) is 16.4 Å². The topological polar surface area (TPSA) is 49.5 Å². The normalized spacial score (nSPS) is 26.6.